The molecule has 0 aromatic heterocycles. The molecule has 0 aliphatic carbocycles. The van der Waals surface area contributed by atoms with Gasteiger partial charge >= 0.3 is 36.2 Å². The molecule has 597 valence electrons. The van der Waals surface area contributed by atoms with Gasteiger partial charge in [-0.2, -0.15) is 0 Å². The van der Waals surface area contributed by atoms with Gasteiger partial charge in [-0.1, -0.05) is 119 Å². The van der Waals surface area contributed by atoms with Gasteiger partial charge in [0.25, 0.3) is 0 Å². The van der Waals surface area contributed by atoms with Crippen LogP contribution in [0.4, 0.5) is 14.4 Å². The summed E-state index contributed by atoms with van der Waals surface area (Å²) in [5.74, 6) is 0.512. The Hall–Kier alpha value is -5.55. The summed E-state index contributed by atoms with van der Waals surface area (Å²) in [4.78, 5) is 95.6. The number of fused-ring (bicyclic) bond motifs is 1. The standard InChI is InChI=1S/2C25H46N2O7.C13H27NO3.C12H19NO4.B/c2*1-17-18(2)22(27-19(3)28)23(33-21(17)16-32-20(4)29)31-15-13-11-9-8-10-12-14-26-24(30)34-25(5,6)7;1-13(2,3)17-12(16)14-10-8-6-4-5-7-9-11-15;1-6-7(2)11-12(16-8(3)13-11)17-10(6)5-15-9(4)14;/h2*17-18,21-23H,8-16H2,1-7H3,(H,26,30)(H,27,28);15H,4-11H2,1-3H3,(H,14,16);6-7,10-12H,5H2,1-4H3;. The summed E-state index contributed by atoms with van der Waals surface area (Å²) >= 11 is 0. The van der Waals surface area contributed by atoms with Crippen molar-refractivity contribution < 1.29 is 100 Å². The number of rotatable bonds is 36. The summed E-state index contributed by atoms with van der Waals surface area (Å²) < 4.78 is 66.4. The molecule has 4 aliphatic heterocycles. The summed E-state index contributed by atoms with van der Waals surface area (Å²) in [6.45, 7) is 41.9. The smallest absolute Gasteiger partial charge is 0.407 e. The Morgan fingerprint density at radius 1 is 0.417 bits per heavy atom. The normalized spacial score (nSPS) is 24.9. The molecule has 3 radical (unpaired) electrons. The second-order valence-electron chi connectivity index (χ2n) is 30.5. The number of hydrogen-bond acceptors (Lipinski definition) is 22. The van der Waals surface area contributed by atoms with Gasteiger partial charge in [-0.05, 0) is 136 Å². The highest BCUT2D eigenvalue weighted by atomic mass is 16.7. The Morgan fingerprint density at radius 2 is 0.709 bits per heavy atom. The number of amides is 5. The van der Waals surface area contributed by atoms with Gasteiger partial charge in [0.1, 0.15) is 42.7 Å². The van der Waals surface area contributed by atoms with E-state index >= 15 is 0 Å². The Kier molecular flexibility index (Phi) is 49.6. The predicted molar refractivity (Wildman–Crippen MR) is 395 cm³/mol. The second kappa shape index (κ2) is 52.4. The first kappa shape index (κ1) is 97.5. The van der Waals surface area contributed by atoms with Crippen molar-refractivity contribution in [2.75, 3.05) is 59.3 Å². The average molecular weight is 1470 g/mol. The number of ether oxygens (including phenoxy) is 12. The van der Waals surface area contributed by atoms with E-state index < -0.39 is 29.4 Å². The van der Waals surface area contributed by atoms with E-state index in [1.54, 1.807) is 0 Å². The van der Waals surface area contributed by atoms with Crippen LogP contribution in [0.5, 0.6) is 0 Å². The van der Waals surface area contributed by atoms with Crippen molar-refractivity contribution in [1.29, 1.82) is 0 Å². The molecule has 0 aromatic carbocycles. The molecule has 4 heterocycles. The molecule has 5 amide bonds. The van der Waals surface area contributed by atoms with Crippen LogP contribution < -0.4 is 26.6 Å². The fourth-order valence-corrected chi connectivity index (χ4v) is 11.6. The van der Waals surface area contributed by atoms with E-state index in [0.29, 0.717) is 51.3 Å². The van der Waals surface area contributed by atoms with Crippen LogP contribution >= 0.6 is 0 Å². The summed E-state index contributed by atoms with van der Waals surface area (Å²) in [5, 5.41) is 22.8. The maximum Gasteiger partial charge on any atom is 0.407 e. The van der Waals surface area contributed by atoms with Crippen LogP contribution in [0.2, 0.25) is 0 Å². The number of carbonyl (C=O) groups is 8. The molecule has 15 unspecified atom stereocenters. The first-order chi connectivity index (χ1) is 47.7. The lowest BCUT2D eigenvalue weighted by atomic mass is 9.82. The largest absolute Gasteiger partial charge is 0.463 e. The van der Waals surface area contributed by atoms with E-state index in [1.807, 2.05) is 83.1 Å². The highest BCUT2D eigenvalue weighted by Crippen LogP contribution is 2.37. The van der Waals surface area contributed by atoms with Gasteiger partial charge in [-0.3, -0.25) is 24.0 Å². The number of esters is 3. The van der Waals surface area contributed by atoms with E-state index in [9.17, 15) is 38.4 Å². The molecule has 0 spiro atoms. The Bertz CT molecular complexity index is 2330. The van der Waals surface area contributed by atoms with Gasteiger partial charge in [-0.25, -0.2) is 19.4 Å². The molecule has 28 heteroatoms. The Labute approximate surface area is 619 Å². The van der Waals surface area contributed by atoms with E-state index in [2.05, 4.69) is 59.3 Å². The van der Waals surface area contributed by atoms with Gasteiger partial charge < -0.3 is 88.5 Å². The van der Waals surface area contributed by atoms with Crippen molar-refractivity contribution in [3.63, 3.8) is 0 Å². The quantitative estimate of drug-likeness (QED) is 0.0147. The van der Waals surface area contributed by atoms with Crippen molar-refractivity contribution in [3.8, 4) is 0 Å². The summed E-state index contributed by atoms with van der Waals surface area (Å²) in [6, 6.07) is -0.435. The number of nitrogens with one attached hydrogen (secondary N) is 5. The third-order valence-corrected chi connectivity index (χ3v) is 17.7. The summed E-state index contributed by atoms with van der Waals surface area (Å²) in [5.41, 5.74) is -1.37. The van der Waals surface area contributed by atoms with E-state index in [0.717, 1.165) is 116 Å². The van der Waals surface area contributed by atoms with Crippen molar-refractivity contribution in [1.82, 2.24) is 26.6 Å². The summed E-state index contributed by atoms with van der Waals surface area (Å²) in [7, 11) is 0. The first-order valence-corrected chi connectivity index (χ1v) is 37.6. The molecule has 4 rings (SSSR count). The van der Waals surface area contributed by atoms with Crippen LogP contribution in [0, 0.1) is 35.5 Å². The molecule has 0 bridgehead atoms. The maximum atomic E-state index is 11.7. The molecule has 4 aliphatic rings. The highest BCUT2D eigenvalue weighted by molar-refractivity contribution is 5.76. The minimum absolute atomic E-state index is 0. The molecular formula is C75H138BN6O21. The fraction of sp³-hybridized carbons (Fsp3) is 0.880. The van der Waals surface area contributed by atoms with Crippen LogP contribution in [0.25, 0.3) is 0 Å². The number of hydrogen-bond donors (Lipinski definition) is 6. The number of carbonyl (C=O) groups excluding carboxylic acids is 8. The Morgan fingerprint density at radius 3 is 1.01 bits per heavy atom. The molecule has 103 heavy (non-hydrogen) atoms. The third kappa shape index (κ3) is 46.2. The lowest BCUT2D eigenvalue weighted by Gasteiger charge is -2.44. The van der Waals surface area contributed by atoms with Crippen molar-refractivity contribution >= 4 is 62.3 Å². The van der Waals surface area contributed by atoms with E-state index in [1.165, 1.54) is 34.6 Å². The van der Waals surface area contributed by atoms with Gasteiger partial charge in [0.15, 0.2) is 18.5 Å². The SMILES string of the molecule is CC(=O)NC1C(OCCCCCCCCNC(=O)OC(C)(C)C)OC(COC(C)=O)C(C)C1C.CC(=O)NC1C(OCCCCCCCCNC(=O)OC(C)(C)C)OC(COC(C)=O)C(C)C1C.CC(=O)OCC1OC2OC(C)=NC2C(C)C1C.CC(C)(C)OC(=O)NCCCCCCCCO.[B]. The number of nitrogens with zero attached hydrogens (tertiary/aromatic N) is 1. The minimum Gasteiger partial charge on any atom is -0.463 e. The molecule has 0 aromatic rings. The molecule has 27 nitrogen and oxygen atoms in total. The molecule has 0 saturated carbocycles. The van der Waals surface area contributed by atoms with Gasteiger partial charge in [0.2, 0.25) is 18.1 Å². The zero-order chi connectivity index (χ0) is 77.2. The van der Waals surface area contributed by atoms with Crippen LogP contribution in [0.15, 0.2) is 4.99 Å². The summed E-state index contributed by atoms with van der Waals surface area (Å²) in [6.07, 6.45) is 15.3. The topological polar surface area (TPSA) is 340 Å². The lowest BCUT2D eigenvalue weighted by Crippen LogP contribution is -2.58. The van der Waals surface area contributed by atoms with E-state index in [-0.39, 0.29) is 149 Å². The van der Waals surface area contributed by atoms with Crippen LogP contribution in [0.1, 0.15) is 261 Å². The predicted octanol–water partition coefficient (Wildman–Crippen LogP) is 11.7. The molecule has 6 N–H and O–H groups in total. The second-order valence-corrected chi connectivity index (χ2v) is 30.5. The zero-order valence-electron chi connectivity index (χ0n) is 66.9. The zero-order valence-corrected chi connectivity index (χ0v) is 66.9. The third-order valence-electron chi connectivity index (χ3n) is 17.7. The van der Waals surface area contributed by atoms with Gasteiger partial charge in [-0.15, -0.1) is 0 Å². The van der Waals surface area contributed by atoms with Crippen molar-refractivity contribution in [2.24, 2.45) is 40.5 Å². The Balaban J connectivity index is 0.00000141. The van der Waals surface area contributed by atoms with E-state index in [4.69, 9.17) is 61.9 Å². The number of unbranched alkanes of at least 4 members (excludes halogenated alkanes) is 15. The van der Waals surface area contributed by atoms with Crippen LogP contribution in [-0.4, -0.2) is 199 Å². The lowest BCUT2D eigenvalue weighted by molar-refractivity contribution is -0.244. The molecule has 3 fully saturated rings. The fourth-order valence-electron chi connectivity index (χ4n) is 11.6. The molecular weight excluding hydrogens is 1330 g/mol. The van der Waals surface area contributed by atoms with Crippen LogP contribution in [0.3, 0.4) is 0 Å². The maximum absolute atomic E-state index is 11.7. The van der Waals surface area contributed by atoms with Gasteiger partial charge in [0, 0.05) is 89.4 Å². The number of alkyl carbamates (subject to hydrolysis) is 3. The van der Waals surface area contributed by atoms with Crippen molar-refractivity contribution in [2.45, 2.75) is 333 Å². The number of aliphatic imine (C=N–C) groups is 1. The minimum atomic E-state index is -0.574. The number of aliphatic hydroxyl groups excluding tert-OH is 1. The first-order valence-electron chi connectivity index (χ1n) is 37.6. The van der Waals surface area contributed by atoms with Crippen LogP contribution in [-0.2, 0) is 80.8 Å². The van der Waals surface area contributed by atoms with Gasteiger partial charge in [0.05, 0.1) is 30.4 Å². The molecule has 3 saturated heterocycles. The van der Waals surface area contributed by atoms with Crippen molar-refractivity contribution in [3.05, 3.63) is 0 Å². The highest BCUT2D eigenvalue weighted by Gasteiger charge is 2.47. The molecule has 15 atom stereocenters. The number of aliphatic hydroxyl groups is 1. The monoisotopic (exact) mass is 1470 g/mol. The average Bonchev–Trinajstić information content (AvgIpc) is 1.79.